The van der Waals surface area contributed by atoms with Gasteiger partial charge in [0.05, 0.1) is 17.8 Å². The summed E-state index contributed by atoms with van der Waals surface area (Å²) in [5, 5.41) is 6.36. The summed E-state index contributed by atoms with van der Waals surface area (Å²) in [6, 6.07) is 10.1. The van der Waals surface area contributed by atoms with Gasteiger partial charge >= 0.3 is 12.3 Å². The first-order chi connectivity index (χ1) is 14.1. The van der Waals surface area contributed by atoms with Crippen LogP contribution in [0.2, 0.25) is 0 Å². The maximum atomic E-state index is 12.3. The number of benzene rings is 2. The molecule has 10 heteroatoms. The van der Waals surface area contributed by atoms with E-state index in [-0.39, 0.29) is 24.0 Å². The van der Waals surface area contributed by atoms with Crippen LogP contribution in [-0.4, -0.2) is 29.8 Å². The number of amides is 1. The third-order valence-electron chi connectivity index (χ3n) is 3.92. The molecule has 2 aromatic carbocycles. The van der Waals surface area contributed by atoms with E-state index in [1.807, 2.05) is 0 Å². The number of carbonyl (C=O) groups excluding carboxylic acids is 2. The minimum Gasteiger partial charge on any atom is -0.461 e. The van der Waals surface area contributed by atoms with Crippen LogP contribution in [0.1, 0.15) is 24.3 Å². The maximum Gasteiger partial charge on any atom is 0.573 e. The molecule has 1 amide bonds. The molecule has 0 aliphatic rings. The summed E-state index contributed by atoms with van der Waals surface area (Å²) in [4.78, 5) is 26.4. The van der Waals surface area contributed by atoms with Crippen LogP contribution >= 0.6 is 0 Å². The molecular weight excluding hydrogens is 403 g/mol. The Bertz CT molecular complexity index is 1080. The summed E-state index contributed by atoms with van der Waals surface area (Å²) in [7, 11) is 0. The normalized spacial score (nSPS) is 11.2. The molecule has 0 unspecified atom stereocenters. The third kappa shape index (κ3) is 5.22. The average molecular weight is 421 g/mol. The lowest BCUT2D eigenvalue weighted by molar-refractivity contribution is -0.274. The Morgan fingerprint density at radius 1 is 1.07 bits per heavy atom. The number of anilines is 3. The predicted molar refractivity (Wildman–Crippen MR) is 105 cm³/mol. The molecule has 30 heavy (non-hydrogen) atoms. The largest absolute Gasteiger partial charge is 0.573 e. The van der Waals surface area contributed by atoms with Gasteiger partial charge in [-0.2, -0.15) is 0 Å². The number of H-pyrrole nitrogens is 1. The van der Waals surface area contributed by atoms with Gasteiger partial charge < -0.3 is 25.1 Å². The highest BCUT2D eigenvalue weighted by Crippen LogP contribution is 2.32. The minimum absolute atomic E-state index is 0.211. The first-order valence-corrected chi connectivity index (χ1v) is 8.89. The van der Waals surface area contributed by atoms with Crippen LogP contribution in [-0.2, 0) is 9.53 Å². The van der Waals surface area contributed by atoms with Gasteiger partial charge in [-0.15, -0.1) is 13.2 Å². The van der Waals surface area contributed by atoms with Crippen LogP contribution in [0, 0.1) is 0 Å². The van der Waals surface area contributed by atoms with Gasteiger partial charge in [-0.3, -0.25) is 4.79 Å². The van der Waals surface area contributed by atoms with Crippen molar-refractivity contribution < 1.29 is 32.2 Å². The summed E-state index contributed by atoms with van der Waals surface area (Å²) in [5.74, 6) is -1.17. The van der Waals surface area contributed by atoms with E-state index in [2.05, 4.69) is 20.4 Å². The molecule has 0 saturated heterocycles. The zero-order valence-corrected chi connectivity index (χ0v) is 16.0. The summed E-state index contributed by atoms with van der Waals surface area (Å²) >= 11 is 0. The van der Waals surface area contributed by atoms with Gasteiger partial charge in [-0.05, 0) is 49.4 Å². The molecule has 3 N–H and O–H groups in total. The Kier molecular flexibility index (Phi) is 5.86. The Morgan fingerprint density at radius 2 is 1.77 bits per heavy atom. The quantitative estimate of drug-likeness (QED) is 0.490. The fraction of sp³-hybridized carbons (Fsp3) is 0.200. The Hall–Kier alpha value is -3.69. The molecule has 0 spiro atoms. The number of rotatable bonds is 6. The molecule has 0 radical (unpaired) electrons. The Balaban J connectivity index is 1.96. The van der Waals surface area contributed by atoms with Crippen molar-refractivity contribution in [1.82, 2.24) is 4.98 Å². The van der Waals surface area contributed by atoms with Gasteiger partial charge in [-0.1, -0.05) is 0 Å². The zero-order chi connectivity index (χ0) is 21.9. The summed E-state index contributed by atoms with van der Waals surface area (Å²) in [5.41, 5.74) is 2.25. The van der Waals surface area contributed by atoms with Crippen LogP contribution in [0.4, 0.5) is 30.2 Å². The summed E-state index contributed by atoms with van der Waals surface area (Å²) in [6.07, 6.45) is -4.78. The molecule has 7 nitrogen and oxygen atoms in total. The number of aromatic nitrogens is 1. The van der Waals surface area contributed by atoms with Crippen LogP contribution in [0.5, 0.6) is 5.75 Å². The highest BCUT2D eigenvalue weighted by molar-refractivity contribution is 6.03. The van der Waals surface area contributed by atoms with Gasteiger partial charge in [0.25, 0.3) is 0 Å². The van der Waals surface area contributed by atoms with Crippen LogP contribution in [0.25, 0.3) is 10.9 Å². The van der Waals surface area contributed by atoms with Crippen molar-refractivity contribution in [3.8, 4) is 5.75 Å². The van der Waals surface area contributed by atoms with E-state index in [1.165, 1.54) is 31.2 Å². The van der Waals surface area contributed by atoms with Crippen molar-refractivity contribution in [2.45, 2.75) is 20.2 Å². The van der Waals surface area contributed by atoms with Gasteiger partial charge in [-0.25, -0.2) is 4.79 Å². The lowest BCUT2D eigenvalue weighted by Crippen LogP contribution is -2.16. The van der Waals surface area contributed by atoms with Crippen molar-refractivity contribution in [3.63, 3.8) is 0 Å². The summed E-state index contributed by atoms with van der Waals surface area (Å²) in [6.45, 7) is 3.26. The zero-order valence-electron chi connectivity index (χ0n) is 16.0. The number of halogens is 3. The average Bonchev–Trinajstić information content (AvgIpc) is 3.06. The molecule has 1 heterocycles. The number of hydrogen-bond acceptors (Lipinski definition) is 5. The second-order valence-electron chi connectivity index (χ2n) is 6.27. The fourth-order valence-electron chi connectivity index (χ4n) is 2.83. The third-order valence-corrected chi connectivity index (χ3v) is 3.92. The molecule has 0 atom stereocenters. The Morgan fingerprint density at radius 3 is 2.37 bits per heavy atom. The fourth-order valence-corrected chi connectivity index (χ4v) is 2.83. The van der Waals surface area contributed by atoms with Crippen molar-refractivity contribution in [3.05, 3.63) is 48.2 Å². The lowest BCUT2D eigenvalue weighted by Gasteiger charge is -2.12. The first kappa shape index (κ1) is 21.0. The van der Waals surface area contributed by atoms with E-state index in [1.54, 1.807) is 25.1 Å². The number of esters is 1. The molecule has 1 aromatic heterocycles. The van der Waals surface area contributed by atoms with Gasteiger partial charge in [0.2, 0.25) is 5.91 Å². The Labute approximate surface area is 169 Å². The van der Waals surface area contributed by atoms with E-state index in [9.17, 15) is 22.8 Å². The van der Waals surface area contributed by atoms with E-state index in [0.29, 0.717) is 28.0 Å². The molecule has 0 aliphatic carbocycles. The number of ether oxygens (including phenoxy) is 2. The molecule has 3 rings (SSSR count). The van der Waals surface area contributed by atoms with Crippen LogP contribution in [0.3, 0.4) is 0 Å². The van der Waals surface area contributed by atoms with E-state index in [4.69, 9.17) is 4.74 Å². The number of fused-ring (bicyclic) bond motifs is 1. The van der Waals surface area contributed by atoms with Crippen LogP contribution < -0.4 is 15.4 Å². The van der Waals surface area contributed by atoms with Crippen LogP contribution in [0.15, 0.2) is 42.5 Å². The number of carbonyl (C=O) groups is 2. The highest BCUT2D eigenvalue weighted by Gasteiger charge is 2.31. The van der Waals surface area contributed by atoms with Gasteiger partial charge in [0, 0.05) is 23.7 Å². The molecular formula is C20H18F3N3O4. The lowest BCUT2D eigenvalue weighted by atomic mass is 10.1. The summed E-state index contributed by atoms with van der Waals surface area (Å²) < 4.78 is 45.8. The molecule has 0 fully saturated rings. The smallest absolute Gasteiger partial charge is 0.461 e. The van der Waals surface area contributed by atoms with Crippen molar-refractivity contribution in [2.75, 3.05) is 17.2 Å². The van der Waals surface area contributed by atoms with Gasteiger partial charge in [0.1, 0.15) is 11.4 Å². The first-order valence-electron chi connectivity index (χ1n) is 8.89. The monoisotopic (exact) mass is 421 g/mol. The number of alkyl halides is 3. The minimum atomic E-state index is -4.78. The van der Waals surface area contributed by atoms with E-state index in [0.717, 1.165) is 0 Å². The standard InChI is InChI=1S/C20H18F3N3O4/c1-3-29-19(28)18-10-15-16(8-13(24-11(2)27)9-17(15)26-18)25-12-4-6-14(7-5-12)30-20(21,22)23/h4-10,25-26H,3H2,1-2H3,(H,24,27). The SMILES string of the molecule is CCOC(=O)c1cc2c(Nc3ccc(OC(F)(F)F)cc3)cc(NC(C)=O)cc2[nH]1. The highest BCUT2D eigenvalue weighted by atomic mass is 19.4. The number of aromatic amines is 1. The molecule has 0 aliphatic heterocycles. The molecule has 0 bridgehead atoms. The molecule has 0 saturated carbocycles. The molecule has 3 aromatic rings. The van der Waals surface area contributed by atoms with Crippen molar-refractivity contribution in [1.29, 1.82) is 0 Å². The van der Waals surface area contributed by atoms with Crippen molar-refractivity contribution >= 4 is 39.8 Å². The second kappa shape index (κ2) is 8.36. The van der Waals surface area contributed by atoms with E-state index < -0.39 is 12.3 Å². The van der Waals surface area contributed by atoms with E-state index >= 15 is 0 Å². The topological polar surface area (TPSA) is 92.4 Å². The molecule has 158 valence electrons. The maximum absolute atomic E-state index is 12.3. The second-order valence-corrected chi connectivity index (χ2v) is 6.27. The van der Waals surface area contributed by atoms with Gasteiger partial charge in [0.15, 0.2) is 0 Å². The predicted octanol–water partition coefficient (Wildman–Crippen LogP) is 4.95. The number of nitrogens with one attached hydrogen (secondary N) is 3. The van der Waals surface area contributed by atoms with Crippen molar-refractivity contribution in [2.24, 2.45) is 0 Å². The number of hydrogen-bond donors (Lipinski definition) is 3.